The van der Waals surface area contributed by atoms with Crippen LogP contribution in [0, 0.1) is 0 Å². The molecule has 1 aliphatic carbocycles. The van der Waals surface area contributed by atoms with Gasteiger partial charge in [0.25, 0.3) is 0 Å². The summed E-state index contributed by atoms with van der Waals surface area (Å²) in [7, 11) is 3.97. The molecule has 0 aromatic carbocycles. The fourth-order valence-corrected chi connectivity index (χ4v) is 2.55. The second kappa shape index (κ2) is 6.05. The first-order valence-electron chi connectivity index (χ1n) is 7.39. The summed E-state index contributed by atoms with van der Waals surface area (Å²) < 4.78 is 0. The molecular formula is C17H20N4O. The molecule has 3 aliphatic rings. The Morgan fingerprint density at radius 3 is 2.95 bits per heavy atom. The first-order chi connectivity index (χ1) is 10.6. The molecule has 0 fully saturated rings. The van der Waals surface area contributed by atoms with Crippen molar-refractivity contribution in [1.82, 2.24) is 15.1 Å². The molecule has 2 amide bonds. The van der Waals surface area contributed by atoms with Gasteiger partial charge in [-0.3, -0.25) is 4.90 Å². The molecule has 2 aliphatic heterocycles. The number of hydrogen-bond donors (Lipinski definition) is 1. The third-order valence-corrected chi connectivity index (χ3v) is 3.77. The number of nitrogens with one attached hydrogen (secondary N) is 1. The normalized spacial score (nSPS) is 28.1. The number of rotatable bonds is 2. The van der Waals surface area contributed by atoms with Gasteiger partial charge in [0.2, 0.25) is 0 Å². The minimum atomic E-state index is -0.243. The Morgan fingerprint density at radius 1 is 1.27 bits per heavy atom. The minimum Gasteiger partial charge on any atom is -0.365 e. The van der Waals surface area contributed by atoms with E-state index < -0.39 is 0 Å². The van der Waals surface area contributed by atoms with Crippen LogP contribution in [0.1, 0.15) is 6.42 Å². The summed E-state index contributed by atoms with van der Waals surface area (Å²) in [5.41, 5.74) is 1.04. The predicted octanol–water partition coefficient (Wildman–Crippen LogP) is 2.19. The summed E-state index contributed by atoms with van der Waals surface area (Å²) in [6.45, 7) is 0. The van der Waals surface area contributed by atoms with Gasteiger partial charge < -0.3 is 10.2 Å². The summed E-state index contributed by atoms with van der Waals surface area (Å²) in [6.07, 6.45) is 18.6. The van der Waals surface area contributed by atoms with Crippen molar-refractivity contribution in [3.8, 4) is 0 Å². The van der Waals surface area contributed by atoms with E-state index in [1.807, 2.05) is 49.5 Å². The second-order valence-corrected chi connectivity index (χ2v) is 5.61. The van der Waals surface area contributed by atoms with Gasteiger partial charge in [0.15, 0.2) is 0 Å². The standard InChI is InChI=1S/C17H20N4O/c1-20(2)16-10-13-12-21(17(22)18-11-15(13)19-16)14-8-6-4-3-5-7-9-14/h3-4,6-12,14-15,19H,5H2,1-2H3/b4-3-,8-6?,9-7?. The van der Waals surface area contributed by atoms with E-state index in [0.717, 1.165) is 17.8 Å². The molecule has 0 aromatic heterocycles. The van der Waals surface area contributed by atoms with Gasteiger partial charge in [-0.15, -0.1) is 0 Å². The molecule has 1 N–H and O–H groups in total. The lowest BCUT2D eigenvalue weighted by Crippen LogP contribution is -2.31. The van der Waals surface area contributed by atoms with Gasteiger partial charge in [-0.1, -0.05) is 36.5 Å². The van der Waals surface area contributed by atoms with Crippen LogP contribution in [0.25, 0.3) is 0 Å². The van der Waals surface area contributed by atoms with Gasteiger partial charge in [0.1, 0.15) is 5.82 Å². The van der Waals surface area contributed by atoms with Crippen molar-refractivity contribution in [2.45, 2.75) is 18.5 Å². The van der Waals surface area contributed by atoms with Crippen LogP contribution in [0.15, 0.2) is 65.1 Å². The van der Waals surface area contributed by atoms with Crippen LogP contribution in [0.4, 0.5) is 4.79 Å². The van der Waals surface area contributed by atoms with E-state index in [9.17, 15) is 4.79 Å². The molecule has 5 nitrogen and oxygen atoms in total. The van der Waals surface area contributed by atoms with Crippen LogP contribution in [0.3, 0.4) is 0 Å². The molecule has 0 radical (unpaired) electrons. The highest BCUT2D eigenvalue weighted by Gasteiger charge is 2.27. The maximum Gasteiger partial charge on any atom is 0.348 e. The zero-order chi connectivity index (χ0) is 15.5. The Morgan fingerprint density at radius 2 is 2.14 bits per heavy atom. The number of carbonyl (C=O) groups is 1. The van der Waals surface area contributed by atoms with Gasteiger partial charge in [0, 0.05) is 26.5 Å². The van der Waals surface area contributed by atoms with Gasteiger partial charge in [-0.2, -0.15) is 0 Å². The van der Waals surface area contributed by atoms with E-state index in [4.69, 9.17) is 0 Å². The van der Waals surface area contributed by atoms with Crippen molar-refractivity contribution < 1.29 is 4.79 Å². The highest BCUT2D eigenvalue weighted by atomic mass is 16.2. The van der Waals surface area contributed by atoms with E-state index >= 15 is 0 Å². The maximum absolute atomic E-state index is 12.3. The summed E-state index contributed by atoms with van der Waals surface area (Å²) in [5.74, 6) is 1.02. The van der Waals surface area contributed by atoms with Crippen molar-refractivity contribution in [3.05, 3.63) is 60.1 Å². The summed E-state index contributed by atoms with van der Waals surface area (Å²) in [6, 6.07) is -0.405. The Kier molecular flexibility index (Phi) is 3.96. The topological polar surface area (TPSA) is 47.9 Å². The van der Waals surface area contributed by atoms with E-state index in [2.05, 4.69) is 28.5 Å². The second-order valence-electron chi connectivity index (χ2n) is 5.61. The fraction of sp³-hybridized carbons (Fsp3) is 0.294. The van der Waals surface area contributed by atoms with E-state index in [1.54, 1.807) is 11.1 Å². The molecule has 0 saturated heterocycles. The summed E-state index contributed by atoms with van der Waals surface area (Å²) in [5, 5.41) is 3.34. The first-order valence-corrected chi connectivity index (χ1v) is 7.39. The molecule has 0 aromatic rings. The molecule has 2 unspecified atom stereocenters. The average molecular weight is 296 g/mol. The van der Waals surface area contributed by atoms with E-state index in [-0.39, 0.29) is 18.1 Å². The number of amides is 2. The van der Waals surface area contributed by atoms with Crippen molar-refractivity contribution in [3.63, 3.8) is 0 Å². The minimum absolute atomic E-state index is 0.0484. The quantitative estimate of drug-likeness (QED) is 0.795. The molecule has 3 rings (SSSR count). The lowest BCUT2D eigenvalue weighted by atomic mass is 10.1. The lowest BCUT2D eigenvalue weighted by molar-refractivity contribution is 0.223. The van der Waals surface area contributed by atoms with Crippen LogP contribution < -0.4 is 5.32 Å². The Hall–Kier alpha value is -2.56. The maximum atomic E-state index is 12.3. The summed E-state index contributed by atoms with van der Waals surface area (Å²) in [4.78, 5) is 20.1. The third-order valence-electron chi connectivity index (χ3n) is 3.77. The Bertz CT molecular complexity index is 637. The number of allylic oxidation sites excluding steroid dienone is 4. The average Bonchev–Trinajstić information content (AvgIpc) is 2.79. The first kappa shape index (κ1) is 14.4. The molecule has 0 bridgehead atoms. The predicted molar refractivity (Wildman–Crippen MR) is 88.3 cm³/mol. The number of aliphatic imine (C=N–C) groups is 1. The van der Waals surface area contributed by atoms with Gasteiger partial charge >= 0.3 is 6.03 Å². The number of hydrogen-bond acceptors (Lipinski definition) is 3. The molecule has 0 spiro atoms. The van der Waals surface area contributed by atoms with Gasteiger partial charge in [-0.25, -0.2) is 9.79 Å². The molecule has 2 heterocycles. The van der Waals surface area contributed by atoms with Crippen LogP contribution in [0.2, 0.25) is 0 Å². The van der Waals surface area contributed by atoms with Crippen LogP contribution >= 0.6 is 0 Å². The Balaban J connectivity index is 1.93. The zero-order valence-electron chi connectivity index (χ0n) is 12.8. The van der Waals surface area contributed by atoms with Crippen LogP contribution in [0.5, 0.6) is 0 Å². The van der Waals surface area contributed by atoms with Crippen LogP contribution in [-0.4, -0.2) is 48.2 Å². The number of nitrogens with zero attached hydrogens (tertiary/aromatic N) is 3. The SMILES string of the molecule is CN(C)C1=CC2=CN(C3C=C/C=C\CC=C3)C(=O)N=CC2N1. The van der Waals surface area contributed by atoms with Crippen LogP contribution in [-0.2, 0) is 0 Å². The number of carbonyl (C=O) groups excluding carboxylic acids is 1. The monoisotopic (exact) mass is 296 g/mol. The highest BCUT2D eigenvalue weighted by Crippen LogP contribution is 2.22. The lowest BCUT2D eigenvalue weighted by Gasteiger charge is -2.22. The summed E-state index contributed by atoms with van der Waals surface area (Å²) >= 11 is 0. The van der Waals surface area contributed by atoms with Crippen molar-refractivity contribution in [2.24, 2.45) is 4.99 Å². The van der Waals surface area contributed by atoms with Gasteiger partial charge in [-0.05, 0) is 18.1 Å². The fourth-order valence-electron chi connectivity index (χ4n) is 2.55. The van der Waals surface area contributed by atoms with E-state index in [1.165, 1.54) is 0 Å². The zero-order valence-corrected chi connectivity index (χ0v) is 12.8. The highest BCUT2D eigenvalue weighted by molar-refractivity contribution is 5.90. The van der Waals surface area contributed by atoms with Crippen molar-refractivity contribution in [2.75, 3.05) is 14.1 Å². The molecule has 2 atom stereocenters. The van der Waals surface area contributed by atoms with Gasteiger partial charge in [0.05, 0.1) is 12.1 Å². The number of fused-ring (bicyclic) bond motifs is 1. The molecule has 0 saturated carbocycles. The molecule has 22 heavy (non-hydrogen) atoms. The largest absolute Gasteiger partial charge is 0.365 e. The van der Waals surface area contributed by atoms with E-state index in [0.29, 0.717) is 0 Å². The van der Waals surface area contributed by atoms with Crippen molar-refractivity contribution in [1.29, 1.82) is 0 Å². The third kappa shape index (κ3) is 2.88. The number of urea groups is 1. The molecule has 5 heteroatoms. The Labute approximate surface area is 130 Å². The molecular weight excluding hydrogens is 276 g/mol. The molecule has 114 valence electrons. The smallest absolute Gasteiger partial charge is 0.348 e. The van der Waals surface area contributed by atoms with Crippen molar-refractivity contribution >= 4 is 12.2 Å².